The number of amides is 2. The first kappa shape index (κ1) is 29.6. The fourth-order valence-electron chi connectivity index (χ4n) is 4.54. The quantitative estimate of drug-likeness (QED) is 0.388. The minimum atomic E-state index is -3.84. The van der Waals surface area contributed by atoms with E-state index in [0.717, 1.165) is 42.7 Å². The summed E-state index contributed by atoms with van der Waals surface area (Å²) < 4.78 is 26.4. The normalized spacial score (nSPS) is 15.2. The van der Waals surface area contributed by atoms with Crippen LogP contribution in [0.1, 0.15) is 51.0 Å². The number of rotatable bonds is 10. The molecule has 1 fully saturated rings. The zero-order valence-electron chi connectivity index (χ0n) is 20.9. The van der Waals surface area contributed by atoms with E-state index in [4.69, 9.17) is 34.8 Å². The van der Waals surface area contributed by atoms with Crippen LogP contribution in [0.5, 0.6) is 0 Å². The fourth-order valence-corrected chi connectivity index (χ4v) is 6.04. The summed E-state index contributed by atoms with van der Waals surface area (Å²) in [4.78, 5) is 28.6. The first-order chi connectivity index (χ1) is 17.5. The van der Waals surface area contributed by atoms with E-state index in [1.807, 2.05) is 6.92 Å². The van der Waals surface area contributed by atoms with Gasteiger partial charge in [0.05, 0.1) is 11.9 Å². The summed E-state index contributed by atoms with van der Waals surface area (Å²) in [5.41, 5.74) is 0.851. The number of carbonyl (C=O) groups excluding carboxylic acids is 2. The summed E-state index contributed by atoms with van der Waals surface area (Å²) in [5, 5.41) is 4.23. The van der Waals surface area contributed by atoms with Crippen molar-refractivity contribution in [3.05, 3.63) is 63.1 Å². The van der Waals surface area contributed by atoms with Gasteiger partial charge in [0.2, 0.25) is 21.8 Å². The van der Waals surface area contributed by atoms with Gasteiger partial charge >= 0.3 is 0 Å². The van der Waals surface area contributed by atoms with E-state index in [0.29, 0.717) is 27.1 Å². The molecule has 11 heteroatoms. The van der Waals surface area contributed by atoms with Crippen LogP contribution in [0.25, 0.3) is 0 Å². The number of hydrogen-bond acceptors (Lipinski definition) is 4. The Morgan fingerprint density at radius 1 is 1.03 bits per heavy atom. The molecule has 0 bridgehead atoms. The lowest BCUT2D eigenvalue weighted by atomic mass is 9.95. The molecule has 202 valence electrons. The monoisotopic (exact) mass is 587 g/mol. The Kier molecular flexibility index (Phi) is 10.5. The summed E-state index contributed by atoms with van der Waals surface area (Å²) >= 11 is 18.5. The molecule has 1 atom stereocenters. The van der Waals surface area contributed by atoms with E-state index in [9.17, 15) is 18.0 Å². The Morgan fingerprint density at radius 3 is 2.30 bits per heavy atom. The van der Waals surface area contributed by atoms with E-state index in [-0.39, 0.29) is 24.2 Å². The van der Waals surface area contributed by atoms with Gasteiger partial charge in [0.15, 0.2) is 0 Å². The van der Waals surface area contributed by atoms with Gasteiger partial charge in [0, 0.05) is 27.7 Å². The molecule has 0 spiro atoms. The highest BCUT2D eigenvalue weighted by atomic mass is 35.5. The molecule has 1 aliphatic rings. The summed E-state index contributed by atoms with van der Waals surface area (Å²) in [5.74, 6) is -0.802. The van der Waals surface area contributed by atoms with E-state index < -0.39 is 28.5 Å². The van der Waals surface area contributed by atoms with Gasteiger partial charge in [-0.1, -0.05) is 73.1 Å². The van der Waals surface area contributed by atoms with Crippen molar-refractivity contribution >= 4 is 62.3 Å². The third kappa shape index (κ3) is 8.24. The van der Waals surface area contributed by atoms with Crippen LogP contribution in [0, 0.1) is 0 Å². The Balaban J connectivity index is 1.94. The number of halogens is 3. The second kappa shape index (κ2) is 13.2. The summed E-state index contributed by atoms with van der Waals surface area (Å²) in [6, 6.07) is 10.4. The van der Waals surface area contributed by atoms with Crippen LogP contribution >= 0.6 is 34.8 Å². The van der Waals surface area contributed by atoms with Gasteiger partial charge in [0.25, 0.3) is 0 Å². The van der Waals surface area contributed by atoms with Crippen molar-refractivity contribution in [1.82, 2.24) is 10.2 Å². The number of anilines is 1. The molecule has 2 amide bonds. The van der Waals surface area contributed by atoms with E-state index in [1.165, 1.54) is 11.0 Å². The van der Waals surface area contributed by atoms with Crippen LogP contribution in [0.4, 0.5) is 5.69 Å². The molecule has 0 saturated heterocycles. The molecule has 1 saturated carbocycles. The summed E-state index contributed by atoms with van der Waals surface area (Å²) in [6.07, 6.45) is 6.40. The number of sulfonamides is 1. The summed E-state index contributed by atoms with van der Waals surface area (Å²) in [7, 11) is -3.84. The lowest BCUT2D eigenvalue weighted by molar-refractivity contribution is -0.140. The third-order valence-electron chi connectivity index (χ3n) is 6.47. The molecule has 0 aliphatic heterocycles. The van der Waals surface area contributed by atoms with Gasteiger partial charge in [-0.25, -0.2) is 8.42 Å². The first-order valence-corrected chi connectivity index (χ1v) is 15.2. The first-order valence-electron chi connectivity index (χ1n) is 12.3. The second-order valence-corrected chi connectivity index (χ2v) is 12.5. The maximum atomic E-state index is 13.8. The van der Waals surface area contributed by atoms with Gasteiger partial charge in [-0.15, -0.1) is 0 Å². The van der Waals surface area contributed by atoms with Crippen molar-refractivity contribution in [2.24, 2.45) is 0 Å². The van der Waals surface area contributed by atoms with Crippen molar-refractivity contribution in [2.45, 2.75) is 64.1 Å². The average molecular weight is 589 g/mol. The van der Waals surface area contributed by atoms with Gasteiger partial charge in [-0.3, -0.25) is 13.9 Å². The number of nitrogens with one attached hydrogen (secondary N) is 1. The Bertz CT molecular complexity index is 1220. The topological polar surface area (TPSA) is 86.8 Å². The van der Waals surface area contributed by atoms with E-state index in [2.05, 4.69) is 5.32 Å². The van der Waals surface area contributed by atoms with Crippen molar-refractivity contribution in [2.75, 3.05) is 17.1 Å². The molecule has 1 unspecified atom stereocenters. The number of carbonyl (C=O) groups is 2. The van der Waals surface area contributed by atoms with Crippen LogP contribution in [0.2, 0.25) is 15.1 Å². The van der Waals surface area contributed by atoms with Crippen LogP contribution < -0.4 is 9.62 Å². The maximum Gasteiger partial charge on any atom is 0.244 e. The van der Waals surface area contributed by atoms with Crippen LogP contribution in [0.15, 0.2) is 42.5 Å². The SMILES string of the molecule is CCC(C(=O)NC1CCCCC1)N(Cc1ccc(Cl)cc1Cl)C(=O)CN(c1cccc(Cl)c1)S(C)(=O)=O. The van der Waals surface area contributed by atoms with E-state index in [1.54, 1.807) is 36.4 Å². The number of benzene rings is 2. The van der Waals surface area contributed by atoms with Crippen molar-refractivity contribution in [1.29, 1.82) is 0 Å². The highest BCUT2D eigenvalue weighted by molar-refractivity contribution is 7.92. The van der Waals surface area contributed by atoms with Crippen LogP contribution in [-0.4, -0.2) is 50.0 Å². The minimum absolute atomic E-state index is 0.0125. The predicted molar refractivity (Wildman–Crippen MR) is 150 cm³/mol. The van der Waals surface area contributed by atoms with Crippen molar-refractivity contribution in [3.8, 4) is 0 Å². The molecule has 7 nitrogen and oxygen atoms in total. The molecule has 1 N–H and O–H groups in total. The largest absolute Gasteiger partial charge is 0.352 e. The molecular formula is C26H32Cl3N3O4S. The molecule has 2 aromatic carbocycles. The Labute approximate surface area is 234 Å². The minimum Gasteiger partial charge on any atom is -0.352 e. The molecule has 0 radical (unpaired) electrons. The fraction of sp³-hybridized carbons (Fsp3) is 0.462. The zero-order chi connectivity index (χ0) is 27.2. The van der Waals surface area contributed by atoms with Crippen molar-refractivity contribution < 1.29 is 18.0 Å². The lowest BCUT2D eigenvalue weighted by Crippen LogP contribution is -2.54. The smallest absolute Gasteiger partial charge is 0.244 e. The standard InChI is InChI=1S/C26H32Cl3N3O4S/c1-3-24(26(34)30-21-9-5-4-6-10-21)31(16-18-12-13-20(28)15-23(18)29)25(33)17-32(37(2,35)36)22-11-7-8-19(27)14-22/h7-8,11-15,21,24H,3-6,9-10,16-17H2,1-2H3,(H,30,34). The lowest BCUT2D eigenvalue weighted by Gasteiger charge is -2.34. The van der Waals surface area contributed by atoms with Gasteiger partial charge < -0.3 is 10.2 Å². The maximum absolute atomic E-state index is 13.8. The molecule has 2 aromatic rings. The highest BCUT2D eigenvalue weighted by Crippen LogP contribution is 2.26. The third-order valence-corrected chi connectivity index (χ3v) is 8.43. The predicted octanol–water partition coefficient (Wildman–Crippen LogP) is 5.67. The Morgan fingerprint density at radius 2 is 1.70 bits per heavy atom. The summed E-state index contributed by atoms with van der Waals surface area (Å²) in [6.45, 7) is 1.33. The highest BCUT2D eigenvalue weighted by Gasteiger charge is 2.33. The van der Waals surface area contributed by atoms with Crippen LogP contribution in [-0.2, 0) is 26.2 Å². The number of hydrogen-bond donors (Lipinski definition) is 1. The molecule has 0 heterocycles. The molecule has 1 aliphatic carbocycles. The van der Waals surface area contributed by atoms with Crippen molar-refractivity contribution in [3.63, 3.8) is 0 Å². The van der Waals surface area contributed by atoms with Gasteiger partial charge in [-0.05, 0) is 55.2 Å². The van der Waals surface area contributed by atoms with Crippen LogP contribution in [0.3, 0.4) is 0 Å². The van der Waals surface area contributed by atoms with Gasteiger partial charge in [-0.2, -0.15) is 0 Å². The number of nitrogens with zero attached hydrogens (tertiary/aromatic N) is 2. The Hall–Kier alpha value is -2.00. The average Bonchev–Trinajstić information content (AvgIpc) is 2.83. The second-order valence-electron chi connectivity index (χ2n) is 9.27. The molecule has 0 aromatic heterocycles. The zero-order valence-corrected chi connectivity index (χ0v) is 24.0. The molecular weight excluding hydrogens is 557 g/mol. The van der Waals surface area contributed by atoms with E-state index >= 15 is 0 Å². The molecule has 37 heavy (non-hydrogen) atoms. The van der Waals surface area contributed by atoms with Gasteiger partial charge in [0.1, 0.15) is 12.6 Å². The molecule has 3 rings (SSSR count).